The van der Waals surface area contributed by atoms with Crippen LogP contribution in [0.25, 0.3) is 0 Å². The summed E-state index contributed by atoms with van der Waals surface area (Å²) in [6.45, 7) is 4.41. The number of rotatable bonds is 6. The Morgan fingerprint density at radius 2 is 1.70 bits per heavy atom. The van der Waals surface area contributed by atoms with Gasteiger partial charge in [-0.15, -0.1) is 0 Å². The van der Waals surface area contributed by atoms with E-state index in [2.05, 4.69) is 34.5 Å². The molecule has 0 aromatic heterocycles. The molecule has 0 atom stereocenters. The van der Waals surface area contributed by atoms with Crippen molar-refractivity contribution >= 4 is 11.8 Å². The number of piperidine rings is 1. The Kier molecular flexibility index (Phi) is 7.27. The molecule has 1 aromatic carbocycles. The number of nitrogens with one attached hydrogen (secondary N) is 1. The lowest BCUT2D eigenvalue weighted by Crippen LogP contribution is -2.49. The third-order valence-electron chi connectivity index (χ3n) is 5.97. The molecule has 1 saturated heterocycles. The Labute approximate surface area is 163 Å². The van der Waals surface area contributed by atoms with Crippen LogP contribution in [0.15, 0.2) is 30.3 Å². The number of hydrogen-bond acceptors (Lipinski definition) is 3. The maximum atomic E-state index is 12.7. The van der Waals surface area contributed by atoms with Crippen LogP contribution in [0.4, 0.5) is 0 Å². The van der Waals surface area contributed by atoms with Crippen LogP contribution in [0.1, 0.15) is 57.4 Å². The highest BCUT2D eigenvalue weighted by Crippen LogP contribution is 2.24. The van der Waals surface area contributed by atoms with Gasteiger partial charge in [-0.3, -0.25) is 14.5 Å². The van der Waals surface area contributed by atoms with Crippen LogP contribution in [0.3, 0.4) is 0 Å². The summed E-state index contributed by atoms with van der Waals surface area (Å²) >= 11 is 0. The molecule has 5 heteroatoms. The van der Waals surface area contributed by atoms with E-state index in [4.69, 9.17) is 0 Å². The molecule has 1 N–H and O–H groups in total. The average Bonchev–Trinajstić information content (AvgIpc) is 2.69. The van der Waals surface area contributed by atoms with Gasteiger partial charge in [0.25, 0.3) is 0 Å². The summed E-state index contributed by atoms with van der Waals surface area (Å²) in [7, 11) is 0. The summed E-state index contributed by atoms with van der Waals surface area (Å²) in [5.41, 5.74) is 1.27. The van der Waals surface area contributed by atoms with E-state index in [1.165, 1.54) is 37.7 Å². The van der Waals surface area contributed by atoms with E-state index < -0.39 is 0 Å². The van der Waals surface area contributed by atoms with Gasteiger partial charge >= 0.3 is 0 Å². The molecule has 0 bridgehead atoms. The molecule has 2 amide bonds. The Hall–Kier alpha value is -1.88. The topological polar surface area (TPSA) is 52.7 Å². The van der Waals surface area contributed by atoms with Gasteiger partial charge in [0.05, 0.1) is 6.54 Å². The fourth-order valence-electron chi connectivity index (χ4n) is 4.37. The number of carbonyl (C=O) groups is 2. The van der Waals surface area contributed by atoms with Gasteiger partial charge in [-0.25, -0.2) is 0 Å². The molecule has 0 unspecified atom stereocenters. The summed E-state index contributed by atoms with van der Waals surface area (Å²) in [4.78, 5) is 28.4. The van der Waals surface area contributed by atoms with Crippen LogP contribution >= 0.6 is 0 Å². The van der Waals surface area contributed by atoms with Crippen molar-refractivity contribution in [3.8, 4) is 0 Å². The normalized spacial score (nSPS) is 19.3. The van der Waals surface area contributed by atoms with Crippen molar-refractivity contribution in [3.05, 3.63) is 35.9 Å². The second kappa shape index (κ2) is 9.88. The van der Waals surface area contributed by atoms with Gasteiger partial charge in [0.1, 0.15) is 0 Å². The van der Waals surface area contributed by atoms with E-state index in [0.717, 1.165) is 32.5 Å². The summed E-state index contributed by atoms with van der Waals surface area (Å²) < 4.78 is 0. The molecular formula is C22H33N3O2. The lowest BCUT2D eigenvalue weighted by atomic mass is 9.93. The van der Waals surface area contributed by atoms with E-state index in [9.17, 15) is 9.59 Å². The van der Waals surface area contributed by atoms with Gasteiger partial charge in [0.15, 0.2) is 0 Å². The molecule has 1 saturated carbocycles. The van der Waals surface area contributed by atoms with Crippen LogP contribution in [-0.2, 0) is 16.1 Å². The highest BCUT2D eigenvalue weighted by Gasteiger charge is 2.26. The third kappa shape index (κ3) is 6.06. The molecule has 148 valence electrons. The van der Waals surface area contributed by atoms with Crippen molar-refractivity contribution in [1.29, 1.82) is 0 Å². The molecule has 1 aromatic rings. The van der Waals surface area contributed by atoms with Crippen molar-refractivity contribution in [2.75, 3.05) is 19.6 Å². The molecule has 0 spiro atoms. The van der Waals surface area contributed by atoms with Crippen LogP contribution in [0.5, 0.6) is 0 Å². The molecule has 1 aliphatic carbocycles. The summed E-state index contributed by atoms with van der Waals surface area (Å²) in [5, 5.41) is 3.22. The lowest BCUT2D eigenvalue weighted by molar-refractivity contribution is -0.130. The fraction of sp³-hybridized carbons (Fsp3) is 0.636. The molecule has 1 aliphatic heterocycles. The van der Waals surface area contributed by atoms with Crippen molar-refractivity contribution in [3.63, 3.8) is 0 Å². The first-order valence-electron chi connectivity index (χ1n) is 10.4. The first-order chi connectivity index (χ1) is 13.1. The number of benzene rings is 1. The van der Waals surface area contributed by atoms with Gasteiger partial charge in [0.2, 0.25) is 11.8 Å². The molecule has 3 rings (SSSR count). The van der Waals surface area contributed by atoms with Crippen LogP contribution in [0, 0.1) is 0 Å². The van der Waals surface area contributed by atoms with Crippen LogP contribution in [0.2, 0.25) is 0 Å². The van der Waals surface area contributed by atoms with Crippen molar-refractivity contribution in [2.24, 2.45) is 0 Å². The number of amides is 2. The van der Waals surface area contributed by atoms with Gasteiger partial charge < -0.3 is 10.2 Å². The second-order valence-corrected chi connectivity index (χ2v) is 8.03. The fourth-order valence-corrected chi connectivity index (χ4v) is 4.37. The van der Waals surface area contributed by atoms with Gasteiger partial charge in [0, 0.05) is 38.6 Å². The van der Waals surface area contributed by atoms with E-state index >= 15 is 0 Å². The predicted molar refractivity (Wildman–Crippen MR) is 107 cm³/mol. The SMILES string of the molecule is CC(=O)N1CCC(NC(=O)CN(Cc2ccccc2)C2CCCCC2)CC1. The highest BCUT2D eigenvalue weighted by atomic mass is 16.2. The molecule has 5 nitrogen and oxygen atoms in total. The maximum absolute atomic E-state index is 12.7. The zero-order valence-corrected chi connectivity index (χ0v) is 16.5. The third-order valence-corrected chi connectivity index (χ3v) is 5.97. The summed E-state index contributed by atoms with van der Waals surface area (Å²) in [6.07, 6.45) is 7.94. The molecule has 2 aliphatic rings. The van der Waals surface area contributed by atoms with Crippen molar-refractivity contribution < 1.29 is 9.59 Å². The number of carbonyl (C=O) groups excluding carboxylic acids is 2. The summed E-state index contributed by atoms with van der Waals surface area (Å²) in [5.74, 6) is 0.254. The molecule has 0 radical (unpaired) electrons. The van der Waals surface area contributed by atoms with E-state index in [1.807, 2.05) is 11.0 Å². The van der Waals surface area contributed by atoms with E-state index in [0.29, 0.717) is 12.6 Å². The minimum atomic E-state index is 0.123. The van der Waals surface area contributed by atoms with Crippen LogP contribution in [-0.4, -0.2) is 53.3 Å². The zero-order valence-electron chi connectivity index (χ0n) is 16.5. The largest absolute Gasteiger partial charge is 0.352 e. The highest BCUT2D eigenvalue weighted by molar-refractivity contribution is 5.78. The molecular weight excluding hydrogens is 338 g/mol. The molecule has 2 fully saturated rings. The maximum Gasteiger partial charge on any atom is 0.234 e. The lowest BCUT2D eigenvalue weighted by Gasteiger charge is -2.35. The quantitative estimate of drug-likeness (QED) is 0.836. The minimum Gasteiger partial charge on any atom is -0.352 e. The van der Waals surface area contributed by atoms with Crippen LogP contribution < -0.4 is 5.32 Å². The number of nitrogens with zero attached hydrogens (tertiary/aromatic N) is 2. The van der Waals surface area contributed by atoms with E-state index in [1.54, 1.807) is 6.92 Å². The van der Waals surface area contributed by atoms with Gasteiger partial charge in [-0.2, -0.15) is 0 Å². The Morgan fingerprint density at radius 1 is 1.04 bits per heavy atom. The van der Waals surface area contributed by atoms with Gasteiger partial charge in [-0.05, 0) is 31.2 Å². The molecule has 27 heavy (non-hydrogen) atoms. The minimum absolute atomic E-state index is 0.123. The second-order valence-electron chi connectivity index (χ2n) is 8.03. The predicted octanol–water partition coefficient (Wildman–Crippen LogP) is 2.95. The Bertz CT molecular complexity index is 605. The Balaban J connectivity index is 1.54. The molecule has 1 heterocycles. The first kappa shape index (κ1) is 19.9. The van der Waals surface area contributed by atoms with Crippen molar-refractivity contribution in [1.82, 2.24) is 15.1 Å². The summed E-state index contributed by atoms with van der Waals surface area (Å²) in [6, 6.07) is 11.2. The smallest absolute Gasteiger partial charge is 0.234 e. The van der Waals surface area contributed by atoms with Gasteiger partial charge in [-0.1, -0.05) is 49.6 Å². The van der Waals surface area contributed by atoms with E-state index in [-0.39, 0.29) is 17.9 Å². The number of likely N-dealkylation sites (tertiary alicyclic amines) is 1. The zero-order chi connectivity index (χ0) is 19.1. The average molecular weight is 372 g/mol. The monoisotopic (exact) mass is 371 g/mol. The van der Waals surface area contributed by atoms with Crippen molar-refractivity contribution in [2.45, 2.75) is 70.5 Å². The Morgan fingerprint density at radius 3 is 2.33 bits per heavy atom. The number of hydrogen-bond donors (Lipinski definition) is 1. The first-order valence-corrected chi connectivity index (χ1v) is 10.4. The standard InChI is InChI=1S/C22H33N3O2/c1-18(26)24-14-12-20(13-15-24)23-22(27)17-25(21-10-6-3-7-11-21)16-19-8-4-2-5-9-19/h2,4-5,8-9,20-21H,3,6-7,10-17H2,1H3,(H,23,27).